The molecule has 1 aromatic carbocycles. The number of aromatic amines is 1. The zero-order valence-corrected chi connectivity index (χ0v) is 21.9. The summed E-state index contributed by atoms with van der Waals surface area (Å²) in [6.45, 7) is 5.43. The Labute approximate surface area is 213 Å². The molecule has 2 N–H and O–H groups in total. The first-order valence-electron chi connectivity index (χ1n) is 12.5. The van der Waals surface area contributed by atoms with E-state index >= 15 is 0 Å². The van der Waals surface area contributed by atoms with Gasteiger partial charge in [0.05, 0.1) is 40.7 Å². The fourth-order valence-electron chi connectivity index (χ4n) is 5.61. The zero-order valence-electron chi connectivity index (χ0n) is 21.0. The van der Waals surface area contributed by atoms with Crippen LogP contribution in [0.4, 0.5) is 17.2 Å². The summed E-state index contributed by atoms with van der Waals surface area (Å²) in [6.07, 6.45) is 6.07. The Hall–Kier alpha value is -3.24. The average Bonchev–Trinajstić information content (AvgIpc) is 3.46. The number of fused-ring (bicyclic) bond motifs is 4. The van der Waals surface area contributed by atoms with Gasteiger partial charge in [-0.15, -0.1) is 11.3 Å². The first-order valence-corrected chi connectivity index (χ1v) is 13.3. The molecule has 1 amide bonds. The molecule has 3 aromatic heterocycles. The molecule has 0 unspecified atom stereocenters. The molecular weight excluding hydrogens is 474 g/mol. The summed E-state index contributed by atoms with van der Waals surface area (Å²) in [5.74, 6) is 1.08. The molecule has 1 aliphatic heterocycles. The lowest BCUT2D eigenvalue weighted by Crippen LogP contribution is -2.50. The van der Waals surface area contributed by atoms with E-state index in [-0.39, 0.29) is 24.0 Å². The Morgan fingerprint density at radius 1 is 1.22 bits per heavy atom. The predicted molar refractivity (Wildman–Crippen MR) is 143 cm³/mol. The highest BCUT2D eigenvalue weighted by Gasteiger charge is 2.34. The minimum atomic E-state index is 0.0104. The fraction of sp³-hybridized carbons (Fsp3) is 0.462. The number of nitrogens with zero attached hydrogens (tertiary/aromatic N) is 5. The summed E-state index contributed by atoms with van der Waals surface area (Å²) in [6, 6.07) is 4.19. The fourth-order valence-corrected chi connectivity index (χ4v) is 6.88. The first-order chi connectivity index (χ1) is 17.4. The van der Waals surface area contributed by atoms with Gasteiger partial charge in [0.15, 0.2) is 0 Å². The molecule has 0 saturated carbocycles. The van der Waals surface area contributed by atoms with Crippen LogP contribution in [0.5, 0.6) is 0 Å². The summed E-state index contributed by atoms with van der Waals surface area (Å²) in [7, 11) is 4.05. The predicted octanol–water partition coefficient (Wildman–Crippen LogP) is 4.12. The molecular formula is C26H31N7O2S. The van der Waals surface area contributed by atoms with Gasteiger partial charge in [0.25, 0.3) is 0 Å². The van der Waals surface area contributed by atoms with Crippen molar-refractivity contribution in [1.82, 2.24) is 25.1 Å². The highest BCUT2D eigenvalue weighted by atomic mass is 32.1. The summed E-state index contributed by atoms with van der Waals surface area (Å²) >= 11 is 1.70. The van der Waals surface area contributed by atoms with Crippen molar-refractivity contribution in [2.45, 2.75) is 45.3 Å². The molecule has 1 saturated heterocycles. The van der Waals surface area contributed by atoms with Crippen LogP contribution in [0.1, 0.15) is 30.7 Å². The van der Waals surface area contributed by atoms with Crippen molar-refractivity contribution in [2.75, 3.05) is 37.4 Å². The molecule has 4 heterocycles. The Bertz CT molecular complexity index is 1440. The van der Waals surface area contributed by atoms with Gasteiger partial charge in [0.1, 0.15) is 17.0 Å². The number of H-pyrrole nitrogens is 1. The molecule has 0 bridgehead atoms. The Kier molecular flexibility index (Phi) is 5.80. The smallest absolute Gasteiger partial charge is 0.226 e. The third-order valence-electron chi connectivity index (χ3n) is 7.22. The number of amides is 1. The first kappa shape index (κ1) is 23.2. The molecule has 0 radical (unpaired) electrons. The normalized spacial score (nSPS) is 22.1. The highest BCUT2D eigenvalue weighted by molar-refractivity contribution is 7.19. The van der Waals surface area contributed by atoms with Crippen LogP contribution in [0.2, 0.25) is 0 Å². The van der Waals surface area contributed by atoms with Crippen LogP contribution in [-0.2, 0) is 22.4 Å². The maximum absolute atomic E-state index is 13.4. The van der Waals surface area contributed by atoms with E-state index in [4.69, 9.17) is 4.74 Å². The summed E-state index contributed by atoms with van der Waals surface area (Å²) in [4.78, 5) is 28.9. The molecule has 36 heavy (non-hydrogen) atoms. The monoisotopic (exact) mass is 505 g/mol. The number of anilines is 3. The number of aryl methyl sites for hydroxylation is 1. The van der Waals surface area contributed by atoms with Gasteiger partial charge in [0.2, 0.25) is 5.91 Å². The second kappa shape index (κ2) is 9.01. The summed E-state index contributed by atoms with van der Waals surface area (Å²) in [5.41, 5.74) is 4.28. The molecule has 4 aromatic rings. The number of hydrogen-bond acceptors (Lipinski definition) is 8. The van der Waals surface area contributed by atoms with E-state index in [2.05, 4.69) is 42.5 Å². The lowest BCUT2D eigenvalue weighted by atomic mass is 9.86. The standard InChI is InChI=1S/C26H31N7O2S/c1-14-11-33(12-15(2)35-14)26(34)16-5-6-18-22(8-16)36-25-23(18)24(27-13-28-25)30-20-7-17-10-29-31-19(17)9-21(20)32(3)4/h7,9-10,13-16H,5-6,8,11-12H2,1-4H3,(H,29,31)(H,27,28,30)/t14-,15-,16-/m0/s1. The minimum absolute atomic E-state index is 0.0104. The van der Waals surface area contributed by atoms with Crippen molar-refractivity contribution in [1.29, 1.82) is 0 Å². The van der Waals surface area contributed by atoms with Crippen LogP contribution in [0.15, 0.2) is 24.7 Å². The molecule has 6 rings (SSSR count). The summed E-state index contributed by atoms with van der Waals surface area (Å²) in [5, 5.41) is 12.9. The van der Waals surface area contributed by atoms with E-state index in [1.54, 1.807) is 17.7 Å². The molecule has 9 nitrogen and oxygen atoms in total. The molecule has 3 atom stereocenters. The number of aromatic nitrogens is 4. The van der Waals surface area contributed by atoms with Crippen molar-refractivity contribution >= 4 is 55.6 Å². The lowest BCUT2D eigenvalue weighted by molar-refractivity contribution is -0.147. The molecule has 2 aliphatic rings. The van der Waals surface area contributed by atoms with Crippen molar-refractivity contribution < 1.29 is 9.53 Å². The van der Waals surface area contributed by atoms with Gasteiger partial charge in [-0.1, -0.05) is 0 Å². The quantitative estimate of drug-likeness (QED) is 0.430. The number of carbonyl (C=O) groups is 1. The van der Waals surface area contributed by atoms with Crippen molar-refractivity contribution in [2.24, 2.45) is 5.92 Å². The van der Waals surface area contributed by atoms with Crippen LogP contribution in [0, 0.1) is 5.92 Å². The van der Waals surface area contributed by atoms with Gasteiger partial charge in [-0.3, -0.25) is 9.89 Å². The van der Waals surface area contributed by atoms with E-state index in [0.717, 1.165) is 57.6 Å². The van der Waals surface area contributed by atoms with Crippen LogP contribution >= 0.6 is 11.3 Å². The summed E-state index contributed by atoms with van der Waals surface area (Å²) < 4.78 is 5.83. The van der Waals surface area contributed by atoms with E-state index in [1.165, 1.54) is 10.4 Å². The number of morpholine rings is 1. The number of nitrogens with one attached hydrogen (secondary N) is 2. The largest absolute Gasteiger partial charge is 0.376 e. The van der Waals surface area contributed by atoms with Crippen LogP contribution in [-0.4, -0.2) is 70.4 Å². The second-order valence-electron chi connectivity index (χ2n) is 10.2. The number of thiophene rings is 1. The Morgan fingerprint density at radius 3 is 2.81 bits per heavy atom. The maximum atomic E-state index is 13.4. The van der Waals surface area contributed by atoms with E-state index in [9.17, 15) is 4.79 Å². The Morgan fingerprint density at radius 2 is 2.03 bits per heavy atom. The van der Waals surface area contributed by atoms with Gasteiger partial charge in [0, 0.05) is 43.4 Å². The number of ether oxygens (including phenoxy) is 1. The molecule has 1 fully saturated rings. The van der Waals surface area contributed by atoms with Gasteiger partial charge in [-0.05, 0) is 50.8 Å². The van der Waals surface area contributed by atoms with Gasteiger partial charge in [-0.25, -0.2) is 9.97 Å². The Balaban J connectivity index is 1.31. The molecule has 188 valence electrons. The van der Waals surface area contributed by atoms with E-state index in [0.29, 0.717) is 13.1 Å². The van der Waals surface area contributed by atoms with Crippen molar-refractivity contribution in [3.63, 3.8) is 0 Å². The molecule has 1 aliphatic carbocycles. The lowest BCUT2D eigenvalue weighted by Gasteiger charge is -2.37. The third kappa shape index (κ3) is 4.08. The average molecular weight is 506 g/mol. The number of carbonyl (C=O) groups excluding carboxylic acids is 1. The maximum Gasteiger partial charge on any atom is 0.226 e. The molecule has 0 spiro atoms. The van der Waals surface area contributed by atoms with Crippen LogP contribution in [0.25, 0.3) is 21.1 Å². The van der Waals surface area contributed by atoms with Crippen LogP contribution in [0.3, 0.4) is 0 Å². The topological polar surface area (TPSA) is 99.3 Å². The van der Waals surface area contributed by atoms with Crippen molar-refractivity contribution in [3.05, 3.63) is 35.1 Å². The van der Waals surface area contributed by atoms with Gasteiger partial charge in [-0.2, -0.15) is 5.10 Å². The zero-order chi connectivity index (χ0) is 25.0. The van der Waals surface area contributed by atoms with Gasteiger partial charge >= 0.3 is 0 Å². The van der Waals surface area contributed by atoms with Crippen molar-refractivity contribution in [3.8, 4) is 0 Å². The minimum Gasteiger partial charge on any atom is -0.376 e. The highest BCUT2D eigenvalue weighted by Crippen LogP contribution is 2.42. The second-order valence-corrected chi connectivity index (χ2v) is 11.3. The third-order valence-corrected chi connectivity index (χ3v) is 8.38. The number of rotatable bonds is 4. The van der Waals surface area contributed by atoms with Crippen LogP contribution < -0.4 is 10.2 Å². The van der Waals surface area contributed by atoms with Gasteiger partial charge < -0.3 is 19.9 Å². The van der Waals surface area contributed by atoms with E-state index in [1.807, 2.05) is 39.0 Å². The number of benzene rings is 1. The number of hydrogen-bond donors (Lipinski definition) is 2. The SMILES string of the molecule is C[C@H]1CN(C(=O)[C@H]2CCc3c(sc4ncnc(Nc5cc6cn[nH]c6cc5N(C)C)c34)C2)C[C@H](C)O1. The molecule has 10 heteroatoms. The van der Waals surface area contributed by atoms with E-state index < -0.39 is 0 Å².